The summed E-state index contributed by atoms with van der Waals surface area (Å²) in [6, 6.07) is 3.79. The summed E-state index contributed by atoms with van der Waals surface area (Å²) < 4.78 is 0. The van der Waals surface area contributed by atoms with Crippen LogP contribution in [0.25, 0.3) is 0 Å². The van der Waals surface area contributed by atoms with Gasteiger partial charge in [0.2, 0.25) is 0 Å². The Hall–Kier alpha value is -1.95. The van der Waals surface area contributed by atoms with Gasteiger partial charge in [-0.2, -0.15) is 0 Å². The van der Waals surface area contributed by atoms with Gasteiger partial charge in [0.15, 0.2) is 0 Å². The topological polar surface area (TPSA) is 66.1 Å². The molecule has 19 heavy (non-hydrogen) atoms. The van der Waals surface area contributed by atoms with Crippen LogP contribution < -0.4 is 5.56 Å². The molecule has 3 rings (SSSR count). The van der Waals surface area contributed by atoms with Crippen molar-refractivity contribution in [3.8, 4) is 0 Å². The second-order valence-electron chi connectivity index (χ2n) is 4.54. The van der Waals surface area contributed by atoms with Crippen molar-refractivity contribution in [1.82, 2.24) is 14.9 Å². The molecule has 0 spiro atoms. The fourth-order valence-electron chi connectivity index (χ4n) is 2.24. The second-order valence-corrected chi connectivity index (χ2v) is 5.83. The number of rotatable bonds is 1. The van der Waals surface area contributed by atoms with E-state index in [1.165, 1.54) is 17.7 Å². The summed E-state index contributed by atoms with van der Waals surface area (Å²) in [5.41, 5.74) is 1.31. The average molecular weight is 275 g/mol. The van der Waals surface area contributed by atoms with Crippen molar-refractivity contribution in [2.24, 2.45) is 0 Å². The number of hydrogen-bond donors (Lipinski definition) is 1. The average Bonchev–Trinajstić information content (AvgIpc) is 2.84. The number of nitrogens with zero attached hydrogens (tertiary/aromatic N) is 2. The van der Waals surface area contributed by atoms with Crippen molar-refractivity contribution in [2.45, 2.75) is 19.9 Å². The number of amides is 1. The van der Waals surface area contributed by atoms with Gasteiger partial charge in [0, 0.05) is 17.0 Å². The Morgan fingerprint density at radius 1 is 1.47 bits per heavy atom. The first-order chi connectivity index (χ1) is 9.15. The van der Waals surface area contributed by atoms with Crippen molar-refractivity contribution in [2.75, 3.05) is 6.54 Å². The number of aromatic nitrogens is 2. The van der Waals surface area contributed by atoms with E-state index in [1.54, 1.807) is 4.90 Å². The highest BCUT2D eigenvalue weighted by Gasteiger charge is 2.24. The molecule has 1 N–H and O–H groups in total. The van der Waals surface area contributed by atoms with E-state index in [2.05, 4.69) is 9.97 Å². The van der Waals surface area contributed by atoms with Gasteiger partial charge < -0.3 is 9.88 Å². The minimum absolute atomic E-state index is 0.0193. The first-order valence-corrected chi connectivity index (χ1v) is 6.88. The molecule has 1 amide bonds. The van der Waals surface area contributed by atoms with Crippen LogP contribution in [0.3, 0.4) is 0 Å². The van der Waals surface area contributed by atoms with Gasteiger partial charge in [0.25, 0.3) is 11.5 Å². The third-order valence-electron chi connectivity index (χ3n) is 3.25. The number of nitrogens with one attached hydrogen (secondary N) is 1. The molecule has 0 aromatic carbocycles. The van der Waals surface area contributed by atoms with E-state index in [0.29, 0.717) is 30.8 Å². The molecular weight excluding hydrogens is 262 g/mol. The molecule has 98 valence electrons. The summed E-state index contributed by atoms with van der Waals surface area (Å²) in [4.78, 5) is 34.3. The zero-order valence-electron chi connectivity index (χ0n) is 10.5. The zero-order chi connectivity index (χ0) is 13.4. The van der Waals surface area contributed by atoms with E-state index in [-0.39, 0.29) is 11.5 Å². The first kappa shape index (κ1) is 12.1. The maximum atomic E-state index is 12.3. The third-order valence-corrected chi connectivity index (χ3v) is 4.24. The second kappa shape index (κ2) is 4.62. The summed E-state index contributed by atoms with van der Waals surface area (Å²) in [5, 5.41) is 0. The Kier molecular flexibility index (Phi) is 2.94. The van der Waals surface area contributed by atoms with Crippen molar-refractivity contribution in [3.63, 3.8) is 0 Å². The number of carbonyl (C=O) groups is 1. The number of aryl methyl sites for hydroxylation is 1. The smallest absolute Gasteiger partial charge is 0.264 e. The lowest BCUT2D eigenvalue weighted by molar-refractivity contribution is 0.0736. The van der Waals surface area contributed by atoms with Crippen LogP contribution in [0.1, 0.15) is 25.8 Å². The molecule has 3 heterocycles. The molecule has 0 bridgehead atoms. The van der Waals surface area contributed by atoms with Crippen LogP contribution in [0.15, 0.2) is 23.3 Å². The predicted octanol–water partition coefficient (Wildman–Crippen LogP) is 1.34. The summed E-state index contributed by atoms with van der Waals surface area (Å²) >= 11 is 1.49. The maximum Gasteiger partial charge on any atom is 0.264 e. The Morgan fingerprint density at radius 3 is 3.05 bits per heavy atom. The molecule has 1 aliphatic rings. The lowest BCUT2D eigenvalue weighted by Crippen LogP contribution is -2.38. The molecule has 2 aromatic rings. The highest BCUT2D eigenvalue weighted by Crippen LogP contribution is 2.20. The quantitative estimate of drug-likeness (QED) is 0.854. The summed E-state index contributed by atoms with van der Waals surface area (Å²) in [6.07, 6.45) is 1.96. The van der Waals surface area contributed by atoms with Crippen molar-refractivity contribution < 1.29 is 4.79 Å². The fourth-order valence-corrected chi connectivity index (χ4v) is 3.08. The normalized spacial score (nSPS) is 14.3. The molecule has 0 fully saturated rings. The fraction of sp³-hybridized carbons (Fsp3) is 0.308. The van der Waals surface area contributed by atoms with Crippen LogP contribution in [0.2, 0.25) is 0 Å². The van der Waals surface area contributed by atoms with Crippen molar-refractivity contribution in [3.05, 3.63) is 49.8 Å². The third kappa shape index (κ3) is 2.19. The van der Waals surface area contributed by atoms with E-state index in [4.69, 9.17) is 0 Å². The zero-order valence-corrected chi connectivity index (χ0v) is 11.3. The Balaban J connectivity index is 1.86. The molecule has 0 radical (unpaired) electrons. The van der Waals surface area contributed by atoms with Crippen LogP contribution >= 0.6 is 11.3 Å². The van der Waals surface area contributed by atoms with Crippen LogP contribution in [-0.4, -0.2) is 27.3 Å². The molecule has 0 aliphatic carbocycles. The van der Waals surface area contributed by atoms with Gasteiger partial charge in [0.05, 0.1) is 23.4 Å². The molecule has 0 saturated carbocycles. The van der Waals surface area contributed by atoms with Crippen molar-refractivity contribution in [1.29, 1.82) is 0 Å². The molecule has 2 aromatic heterocycles. The Bertz CT molecular complexity index is 689. The van der Waals surface area contributed by atoms with Crippen LogP contribution in [0.4, 0.5) is 0 Å². The Labute approximate surface area is 113 Å². The van der Waals surface area contributed by atoms with E-state index in [1.807, 2.05) is 19.1 Å². The van der Waals surface area contributed by atoms with Crippen LogP contribution in [0.5, 0.6) is 0 Å². The monoisotopic (exact) mass is 275 g/mol. The number of hydrogen-bond acceptors (Lipinski definition) is 4. The van der Waals surface area contributed by atoms with Crippen molar-refractivity contribution >= 4 is 17.2 Å². The summed E-state index contributed by atoms with van der Waals surface area (Å²) in [5.74, 6) is 0.0193. The standard InChI is InChI=1S/C13H13N3O2S/c1-8-2-3-11(19-8)13(18)16-5-4-9-10(6-16)14-7-15-12(9)17/h2-3,7H,4-6H2,1H3,(H,14,15,17). The highest BCUT2D eigenvalue weighted by molar-refractivity contribution is 7.13. The number of fused-ring (bicyclic) bond motifs is 1. The minimum Gasteiger partial charge on any atom is -0.332 e. The molecule has 6 heteroatoms. The van der Waals surface area contributed by atoms with Gasteiger partial charge in [-0.15, -0.1) is 11.3 Å². The SMILES string of the molecule is Cc1ccc(C(=O)N2CCc3c(nc[nH]c3=O)C2)s1. The van der Waals surface area contributed by atoms with Crippen LogP contribution in [-0.2, 0) is 13.0 Å². The van der Waals surface area contributed by atoms with Gasteiger partial charge >= 0.3 is 0 Å². The molecule has 1 aliphatic heterocycles. The first-order valence-electron chi connectivity index (χ1n) is 6.06. The number of thiophene rings is 1. The summed E-state index contributed by atoms with van der Waals surface area (Å²) in [6.45, 7) is 2.96. The van der Waals surface area contributed by atoms with Gasteiger partial charge in [-0.25, -0.2) is 4.98 Å². The number of carbonyl (C=O) groups excluding carboxylic acids is 1. The van der Waals surface area contributed by atoms with Crippen LogP contribution in [0, 0.1) is 6.92 Å². The van der Waals surface area contributed by atoms with Gasteiger partial charge in [0.1, 0.15) is 0 Å². The Morgan fingerprint density at radius 2 is 2.32 bits per heavy atom. The molecule has 5 nitrogen and oxygen atoms in total. The van der Waals surface area contributed by atoms with Gasteiger partial charge in [-0.05, 0) is 25.5 Å². The predicted molar refractivity (Wildman–Crippen MR) is 72.4 cm³/mol. The summed E-state index contributed by atoms with van der Waals surface area (Å²) in [7, 11) is 0. The van der Waals surface area contributed by atoms with E-state index < -0.39 is 0 Å². The lowest BCUT2D eigenvalue weighted by Gasteiger charge is -2.26. The highest BCUT2D eigenvalue weighted by atomic mass is 32.1. The number of aromatic amines is 1. The van der Waals surface area contributed by atoms with Gasteiger partial charge in [-0.1, -0.05) is 0 Å². The molecule has 0 saturated heterocycles. The van der Waals surface area contributed by atoms with E-state index in [0.717, 1.165) is 9.75 Å². The van der Waals surface area contributed by atoms with E-state index >= 15 is 0 Å². The minimum atomic E-state index is -0.0935. The van der Waals surface area contributed by atoms with Gasteiger partial charge in [-0.3, -0.25) is 9.59 Å². The molecule has 0 unspecified atom stereocenters. The number of H-pyrrole nitrogens is 1. The molecular formula is C13H13N3O2S. The maximum absolute atomic E-state index is 12.3. The lowest BCUT2D eigenvalue weighted by atomic mass is 10.1. The molecule has 0 atom stereocenters. The van der Waals surface area contributed by atoms with E-state index in [9.17, 15) is 9.59 Å². The largest absolute Gasteiger partial charge is 0.332 e.